The van der Waals surface area contributed by atoms with Crippen LogP contribution in [-0.4, -0.2) is 23.8 Å². The van der Waals surface area contributed by atoms with E-state index in [1.807, 2.05) is 37.4 Å². The van der Waals surface area contributed by atoms with Gasteiger partial charge in [-0.3, -0.25) is 4.79 Å². The molecule has 0 spiro atoms. The maximum absolute atomic E-state index is 11.4. The van der Waals surface area contributed by atoms with Crippen molar-refractivity contribution in [2.45, 2.75) is 26.4 Å². The standard InChI is InChI=1S/C17H18O3S2/c1-12(2)10-17(19)20-11-13(18)5-6-14-7-8-16(22-14)15-4-3-9-21-15/h3-4,7-9,12-13,18H,10-11H2,1-2H3. The number of aliphatic hydroxyl groups excluding tert-OH is 1. The highest BCUT2D eigenvalue weighted by Crippen LogP contribution is 2.30. The molecule has 1 unspecified atom stereocenters. The minimum Gasteiger partial charge on any atom is -0.462 e. The number of hydrogen-bond donors (Lipinski definition) is 1. The first kappa shape index (κ1) is 16.8. The van der Waals surface area contributed by atoms with Gasteiger partial charge in [0, 0.05) is 16.2 Å². The number of carbonyl (C=O) groups is 1. The lowest BCUT2D eigenvalue weighted by molar-refractivity contribution is -0.146. The lowest BCUT2D eigenvalue weighted by atomic mass is 10.1. The molecule has 0 saturated heterocycles. The second-order valence-corrected chi connectivity index (χ2v) is 7.24. The zero-order valence-corrected chi connectivity index (χ0v) is 14.2. The molecule has 0 radical (unpaired) electrons. The molecule has 5 heteroatoms. The Kier molecular flexibility index (Phi) is 6.20. The van der Waals surface area contributed by atoms with E-state index < -0.39 is 6.10 Å². The van der Waals surface area contributed by atoms with Crippen LogP contribution in [0.25, 0.3) is 9.75 Å². The van der Waals surface area contributed by atoms with Crippen molar-refractivity contribution in [1.82, 2.24) is 0 Å². The Labute approximate surface area is 138 Å². The quantitative estimate of drug-likeness (QED) is 0.669. The number of carbonyl (C=O) groups excluding carboxylic acids is 1. The van der Waals surface area contributed by atoms with E-state index in [-0.39, 0.29) is 18.5 Å². The normalized spacial score (nSPS) is 11.8. The van der Waals surface area contributed by atoms with E-state index in [0.29, 0.717) is 6.42 Å². The number of esters is 1. The Morgan fingerprint density at radius 1 is 1.32 bits per heavy atom. The third-order valence-corrected chi connectivity index (χ3v) is 4.78. The molecular formula is C17H18O3S2. The molecule has 0 aliphatic heterocycles. The fourth-order valence-electron chi connectivity index (χ4n) is 1.72. The van der Waals surface area contributed by atoms with Gasteiger partial charge in [0.2, 0.25) is 0 Å². The lowest BCUT2D eigenvalue weighted by Gasteiger charge is -2.07. The van der Waals surface area contributed by atoms with E-state index in [4.69, 9.17) is 4.74 Å². The van der Waals surface area contributed by atoms with Gasteiger partial charge in [-0.05, 0) is 29.5 Å². The van der Waals surface area contributed by atoms with Crippen LogP contribution >= 0.6 is 22.7 Å². The molecule has 0 amide bonds. The van der Waals surface area contributed by atoms with Crippen LogP contribution in [0.5, 0.6) is 0 Å². The summed E-state index contributed by atoms with van der Waals surface area (Å²) in [6.07, 6.45) is -0.599. The summed E-state index contributed by atoms with van der Waals surface area (Å²) in [6, 6.07) is 8.04. The number of ether oxygens (including phenoxy) is 1. The van der Waals surface area contributed by atoms with Crippen LogP contribution in [0.2, 0.25) is 0 Å². The highest BCUT2D eigenvalue weighted by atomic mass is 32.1. The molecule has 3 nitrogen and oxygen atoms in total. The fraction of sp³-hybridized carbons (Fsp3) is 0.353. The molecule has 2 aromatic heterocycles. The topological polar surface area (TPSA) is 46.5 Å². The zero-order chi connectivity index (χ0) is 15.9. The minimum atomic E-state index is -0.955. The second kappa shape index (κ2) is 8.14. The van der Waals surface area contributed by atoms with Crippen LogP contribution < -0.4 is 0 Å². The van der Waals surface area contributed by atoms with Crippen LogP contribution in [0.1, 0.15) is 25.1 Å². The Bertz CT molecular complexity index is 660. The van der Waals surface area contributed by atoms with Crippen molar-refractivity contribution in [2.75, 3.05) is 6.61 Å². The predicted molar refractivity (Wildman–Crippen MR) is 90.9 cm³/mol. The summed E-state index contributed by atoms with van der Waals surface area (Å²) < 4.78 is 4.98. The number of aliphatic hydroxyl groups is 1. The molecular weight excluding hydrogens is 316 g/mol. The number of rotatable bonds is 5. The summed E-state index contributed by atoms with van der Waals surface area (Å²) in [4.78, 5) is 14.6. The van der Waals surface area contributed by atoms with Gasteiger partial charge in [-0.2, -0.15) is 0 Å². The van der Waals surface area contributed by atoms with E-state index in [2.05, 4.69) is 17.9 Å². The third-order valence-electron chi connectivity index (χ3n) is 2.71. The van der Waals surface area contributed by atoms with Gasteiger partial charge in [-0.15, -0.1) is 22.7 Å². The summed E-state index contributed by atoms with van der Waals surface area (Å²) in [7, 11) is 0. The van der Waals surface area contributed by atoms with Crippen LogP contribution in [0.15, 0.2) is 29.6 Å². The molecule has 0 saturated carbocycles. The first-order valence-electron chi connectivity index (χ1n) is 7.03. The number of hydrogen-bond acceptors (Lipinski definition) is 5. The van der Waals surface area contributed by atoms with Crippen molar-refractivity contribution < 1.29 is 14.6 Å². The largest absolute Gasteiger partial charge is 0.462 e. The first-order valence-corrected chi connectivity index (χ1v) is 8.73. The van der Waals surface area contributed by atoms with Crippen molar-refractivity contribution >= 4 is 28.6 Å². The predicted octanol–water partition coefficient (Wildman–Crippen LogP) is 3.78. The molecule has 1 atom stereocenters. The monoisotopic (exact) mass is 334 g/mol. The molecule has 0 aromatic carbocycles. The van der Waals surface area contributed by atoms with Crippen molar-refractivity contribution in [3.63, 3.8) is 0 Å². The van der Waals surface area contributed by atoms with Crippen LogP contribution in [0, 0.1) is 17.8 Å². The highest BCUT2D eigenvalue weighted by Gasteiger charge is 2.08. The summed E-state index contributed by atoms with van der Waals surface area (Å²) in [6.45, 7) is 3.81. The van der Waals surface area contributed by atoms with E-state index in [0.717, 1.165) is 9.75 Å². The molecule has 0 bridgehead atoms. The maximum Gasteiger partial charge on any atom is 0.306 e. The van der Waals surface area contributed by atoms with Crippen molar-refractivity contribution in [3.8, 4) is 21.6 Å². The van der Waals surface area contributed by atoms with Crippen LogP contribution in [-0.2, 0) is 9.53 Å². The van der Waals surface area contributed by atoms with Gasteiger partial charge in [0.15, 0.2) is 0 Å². The molecule has 2 rings (SSSR count). The van der Waals surface area contributed by atoms with E-state index >= 15 is 0 Å². The molecule has 0 aliphatic rings. The highest BCUT2D eigenvalue weighted by molar-refractivity contribution is 7.21. The Morgan fingerprint density at radius 3 is 2.82 bits per heavy atom. The Morgan fingerprint density at radius 2 is 2.14 bits per heavy atom. The van der Waals surface area contributed by atoms with Gasteiger partial charge < -0.3 is 9.84 Å². The zero-order valence-electron chi connectivity index (χ0n) is 12.5. The van der Waals surface area contributed by atoms with Crippen LogP contribution in [0.3, 0.4) is 0 Å². The van der Waals surface area contributed by atoms with Gasteiger partial charge in [0.1, 0.15) is 12.7 Å². The first-order chi connectivity index (χ1) is 10.5. The number of thiophene rings is 2. The lowest BCUT2D eigenvalue weighted by Crippen LogP contribution is -2.17. The summed E-state index contributed by atoms with van der Waals surface area (Å²) in [5.41, 5.74) is 0. The van der Waals surface area contributed by atoms with Crippen LogP contribution in [0.4, 0.5) is 0 Å². The van der Waals surface area contributed by atoms with Crippen molar-refractivity contribution in [3.05, 3.63) is 34.5 Å². The van der Waals surface area contributed by atoms with E-state index in [1.165, 1.54) is 4.88 Å². The van der Waals surface area contributed by atoms with E-state index in [9.17, 15) is 9.90 Å². The molecule has 2 heterocycles. The van der Waals surface area contributed by atoms with Gasteiger partial charge in [-0.25, -0.2) is 0 Å². The van der Waals surface area contributed by atoms with Gasteiger partial charge in [0.05, 0.1) is 4.88 Å². The molecule has 1 N–H and O–H groups in total. The third kappa shape index (κ3) is 5.30. The molecule has 0 fully saturated rings. The molecule has 116 valence electrons. The van der Waals surface area contributed by atoms with Crippen molar-refractivity contribution in [2.24, 2.45) is 5.92 Å². The second-order valence-electron chi connectivity index (χ2n) is 5.21. The Hall–Kier alpha value is -1.61. The fourth-order valence-corrected chi connectivity index (χ4v) is 3.42. The molecule has 2 aromatic rings. The summed E-state index contributed by atoms with van der Waals surface area (Å²) in [5, 5.41) is 11.8. The maximum atomic E-state index is 11.4. The van der Waals surface area contributed by atoms with Gasteiger partial charge in [0.25, 0.3) is 0 Å². The minimum absolute atomic E-state index is 0.0816. The SMILES string of the molecule is CC(C)CC(=O)OCC(O)C#Cc1ccc(-c2cccs2)s1. The van der Waals surface area contributed by atoms with Gasteiger partial charge in [-0.1, -0.05) is 31.8 Å². The van der Waals surface area contributed by atoms with Crippen molar-refractivity contribution in [1.29, 1.82) is 0 Å². The van der Waals surface area contributed by atoms with Gasteiger partial charge >= 0.3 is 5.97 Å². The van der Waals surface area contributed by atoms with E-state index in [1.54, 1.807) is 22.7 Å². The summed E-state index contributed by atoms with van der Waals surface area (Å²) in [5.74, 6) is 5.58. The Balaban J connectivity index is 1.86. The average molecular weight is 334 g/mol. The molecule has 0 aliphatic carbocycles. The smallest absolute Gasteiger partial charge is 0.306 e. The summed E-state index contributed by atoms with van der Waals surface area (Å²) >= 11 is 3.27. The molecule has 22 heavy (non-hydrogen) atoms. The average Bonchev–Trinajstić information content (AvgIpc) is 3.12.